The summed E-state index contributed by atoms with van der Waals surface area (Å²) in [6.07, 6.45) is 6.44. The Morgan fingerprint density at radius 1 is 1.58 bits per heavy atom. The highest BCUT2D eigenvalue weighted by molar-refractivity contribution is 6.18. The van der Waals surface area contributed by atoms with E-state index >= 15 is 0 Å². The van der Waals surface area contributed by atoms with Gasteiger partial charge in [0.15, 0.2) is 0 Å². The van der Waals surface area contributed by atoms with E-state index in [0.29, 0.717) is 5.88 Å². The molecule has 0 aliphatic heterocycles. The van der Waals surface area contributed by atoms with E-state index in [1.807, 2.05) is 0 Å². The summed E-state index contributed by atoms with van der Waals surface area (Å²) in [4.78, 5) is 15.6. The first kappa shape index (κ1) is 11.2. The number of carbonyl (C=O) groups excluding carboxylic acids is 1. The number of hydrogen-bond acceptors (Lipinski definition) is 2. The summed E-state index contributed by atoms with van der Waals surface area (Å²) in [6.45, 7) is 0. The molecule has 0 unspecified atom stereocenters. The second kappa shape index (κ2) is 6.88. The average molecular weight is 190 g/mol. The largest absolute Gasteiger partial charge is 0.274 e. The van der Waals surface area contributed by atoms with Crippen LogP contribution in [0.1, 0.15) is 0 Å². The Balaban J connectivity index is 3.83. The van der Waals surface area contributed by atoms with Crippen molar-refractivity contribution >= 4 is 17.5 Å². The highest BCUT2D eigenvalue weighted by Gasteiger charge is 1.99. The number of alkyl halides is 1. The fraction of sp³-hybridized carbons (Fsp3) is 0.375. The minimum atomic E-state index is -0.211. The Morgan fingerprint density at radius 2 is 2.25 bits per heavy atom. The topological polar surface area (TPSA) is 29.5 Å². The van der Waals surface area contributed by atoms with Crippen LogP contribution in [0.25, 0.3) is 0 Å². The fourth-order valence-electron chi connectivity index (χ4n) is 0.463. The Kier molecular flexibility index (Phi) is 6.42. The number of rotatable bonds is 4. The van der Waals surface area contributed by atoms with Crippen molar-refractivity contribution in [2.45, 2.75) is 0 Å². The van der Waals surface area contributed by atoms with Gasteiger partial charge in [-0.15, -0.1) is 11.6 Å². The number of nitrogens with zero attached hydrogens (tertiary/aromatic N) is 1. The number of hydroxylamine groups is 2. The first-order chi connectivity index (χ1) is 5.72. The molecule has 4 heteroatoms. The van der Waals surface area contributed by atoms with Gasteiger partial charge in [-0.05, 0) is 0 Å². The second-order valence-corrected chi connectivity index (χ2v) is 2.27. The molecule has 68 valence electrons. The van der Waals surface area contributed by atoms with Crippen molar-refractivity contribution in [2.75, 3.05) is 20.0 Å². The van der Waals surface area contributed by atoms with Crippen LogP contribution in [0.5, 0.6) is 0 Å². The van der Waals surface area contributed by atoms with Crippen molar-refractivity contribution in [1.82, 2.24) is 5.06 Å². The zero-order valence-corrected chi connectivity index (χ0v) is 7.91. The SMILES string of the molecule is CON(C)C(=O)C=CC=CCCl. The molecule has 0 bridgehead atoms. The number of hydrogen-bond donors (Lipinski definition) is 0. The average Bonchev–Trinajstić information content (AvgIpc) is 2.10. The normalized spacial score (nSPS) is 11.2. The molecule has 0 aromatic carbocycles. The van der Waals surface area contributed by atoms with Crippen LogP contribution in [0.4, 0.5) is 0 Å². The molecule has 1 amide bonds. The van der Waals surface area contributed by atoms with Crippen molar-refractivity contribution < 1.29 is 9.63 Å². The summed E-state index contributed by atoms with van der Waals surface area (Å²) in [5, 5.41) is 1.13. The lowest BCUT2D eigenvalue weighted by atomic mass is 10.4. The Labute approximate surface area is 77.2 Å². The highest BCUT2D eigenvalue weighted by atomic mass is 35.5. The first-order valence-electron chi connectivity index (χ1n) is 3.43. The van der Waals surface area contributed by atoms with Crippen LogP contribution in [-0.2, 0) is 9.63 Å². The molecule has 0 saturated carbocycles. The van der Waals surface area contributed by atoms with Gasteiger partial charge >= 0.3 is 0 Å². The fourth-order valence-corrected chi connectivity index (χ4v) is 0.566. The standard InChI is InChI=1S/C8H12ClNO2/c1-10(12-2)8(11)6-4-3-5-7-9/h3-6H,7H2,1-2H3. The lowest BCUT2D eigenvalue weighted by Crippen LogP contribution is -2.22. The number of allylic oxidation sites excluding steroid dienone is 3. The maximum Gasteiger partial charge on any atom is 0.269 e. The molecule has 3 nitrogen and oxygen atoms in total. The molecule has 0 rings (SSSR count). The summed E-state index contributed by atoms with van der Waals surface area (Å²) < 4.78 is 0. The predicted octanol–water partition coefficient (Wildman–Crippen LogP) is 1.36. The van der Waals surface area contributed by atoms with Crippen molar-refractivity contribution in [3.63, 3.8) is 0 Å². The third-order valence-electron chi connectivity index (χ3n) is 1.16. The van der Waals surface area contributed by atoms with Crippen LogP contribution in [0.2, 0.25) is 0 Å². The molecule has 0 N–H and O–H groups in total. The molecule has 0 heterocycles. The van der Waals surface area contributed by atoms with Crippen LogP contribution in [0.3, 0.4) is 0 Å². The predicted molar refractivity (Wildman–Crippen MR) is 48.8 cm³/mol. The molecular formula is C8H12ClNO2. The molecule has 0 atom stereocenters. The van der Waals surface area contributed by atoms with E-state index in [2.05, 4.69) is 4.84 Å². The van der Waals surface area contributed by atoms with Crippen molar-refractivity contribution in [3.8, 4) is 0 Å². The monoisotopic (exact) mass is 189 g/mol. The summed E-state index contributed by atoms with van der Waals surface area (Å²) in [7, 11) is 2.97. The summed E-state index contributed by atoms with van der Waals surface area (Å²) >= 11 is 5.37. The third kappa shape index (κ3) is 4.93. The van der Waals surface area contributed by atoms with Crippen LogP contribution in [0.15, 0.2) is 24.3 Å². The number of halogens is 1. The van der Waals surface area contributed by atoms with Gasteiger partial charge in [0.1, 0.15) is 0 Å². The second-order valence-electron chi connectivity index (χ2n) is 1.96. The molecular weight excluding hydrogens is 178 g/mol. The maximum atomic E-state index is 11.0. The molecule has 0 radical (unpaired) electrons. The molecule has 0 saturated heterocycles. The van der Waals surface area contributed by atoms with Gasteiger partial charge in [0, 0.05) is 19.0 Å². The van der Waals surface area contributed by atoms with Gasteiger partial charge < -0.3 is 0 Å². The van der Waals surface area contributed by atoms with Crippen LogP contribution in [-0.4, -0.2) is 31.0 Å². The third-order valence-corrected chi connectivity index (χ3v) is 1.34. The molecule has 0 fully saturated rings. The van der Waals surface area contributed by atoms with Gasteiger partial charge in [0.05, 0.1) is 7.11 Å². The molecule has 0 aromatic heterocycles. The van der Waals surface area contributed by atoms with E-state index in [0.717, 1.165) is 5.06 Å². The number of amides is 1. The molecule has 0 aliphatic rings. The molecule has 0 spiro atoms. The van der Waals surface area contributed by atoms with E-state index < -0.39 is 0 Å². The molecule has 0 aromatic rings. The van der Waals surface area contributed by atoms with E-state index in [9.17, 15) is 4.79 Å². The summed E-state index contributed by atoms with van der Waals surface area (Å²) in [6, 6.07) is 0. The van der Waals surface area contributed by atoms with Gasteiger partial charge in [-0.25, -0.2) is 5.06 Å². The Bertz CT molecular complexity index is 189. The van der Waals surface area contributed by atoms with Crippen LogP contribution in [0, 0.1) is 0 Å². The van der Waals surface area contributed by atoms with Gasteiger partial charge in [0.25, 0.3) is 5.91 Å². The summed E-state index contributed by atoms with van der Waals surface area (Å²) in [5.74, 6) is 0.232. The smallest absolute Gasteiger partial charge is 0.269 e. The first-order valence-corrected chi connectivity index (χ1v) is 3.96. The zero-order valence-electron chi connectivity index (χ0n) is 7.16. The van der Waals surface area contributed by atoms with Crippen LogP contribution < -0.4 is 0 Å². The lowest BCUT2D eigenvalue weighted by Gasteiger charge is -2.09. The zero-order chi connectivity index (χ0) is 9.40. The minimum absolute atomic E-state index is 0.211. The highest BCUT2D eigenvalue weighted by Crippen LogP contribution is 1.87. The Hall–Kier alpha value is -0.800. The van der Waals surface area contributed by atoms with Crippen molar-refractivity contribution in [3.05, 3.63) is 24.3 Å². The van der Waals surface area contributed by atoms with E-state index in [1.165, 1.54) is 20.2 Å². The van der Waals surface area contributed by atoms with E-state index in [-0.39, 0.29) is 5.91 Å². The summed E-state index contributed by atoms with van der Waals surface area (Å²) in [5.41, 5.74) is 0. The number of likely N-dealkylation sites (N-methyl/N-ethyl adjacent to an activating group) is 1. The van der Waals surface area contributed by atoms with Crippen molar-refractivity contribution in [1.29, 1.82) is 0 Å². The van der Waals surface area contributed by atoms with Crippen LogP contribution >= 0.6 is 11.6 Å². The lowest BCUT2D eigenvalue weighted by molar-refractivity contribution is -0.162. The maximum absolute atomic E-state index is 11.0. The number of carbonyl (C=O) groups is 1. The van der Waals surface area contributed by atoms with Crippen molar-refractivity contribution in [2.24, 2.45) is 0 Å². The van der Waals surface area contributed by atoms with Gasteiger partial charge in [-0.3, -0.25) is 9.63 Å². The minimum Gasteiger partial charge on any atom is -0.274 e. The van der Waals surface area contributed by atoms with Gasteiger partial charge in [0.2, 0.25) is 0 Å². The molecule has 0 aliphatic carbocycles. The quantitative estimate of drug-likeness (QED) is 0.289. The van der Waals surface area contributed by atoms with E-state index in [4.69, 9.17) is 11.6 Å². The van der Waals surface area contributed by atoms with Gasteiger partial charge in [-0.2, -0.15) is 0 Å². The van der Waals surface area contributed by atoms with Gasteiger partial charge in [-0.1, -0.05) is 18.2 Å². The van der Waals surface area contributed by atoms with E-state index in [1.54, 1.807) is 18.2 Å². The Morgan fingerprint density at radius 3 is 2.75 bits per heavy atom. The molecule has 12 heavy (non-hydrogen) atoms.